The maximum absolute atomic E-state index is 11.9. The lowest BCUT2D eigenvalue weighted by Crippen LogP contribution is -2.27. The SMILES string of the molecule is CN(C)CCCNC(=O)c1nc(CC(=O)NCc2ccccc2)no1. The number of benzene rings is 1. The van der Waals surface area contributed by atoms with Crippen molar-refractivity contribution >= 4 is 11.8 Å². The Kier molecular flexibility index (Phi) is 7.09. The molecule has 0 bridgehead atoms. The molecule has 8 heteroatoms. The van der Waals surface area contributed by atoms with Gasteiger partial charge in [-0.1, -0.05) is 35.5 Å². The summed E-state index contributed by atoms with van der Waals surface area (Å²) >= 11 is 0. The Labute approximate surface area is 146 Å². The summed E-state index contributed by atoms with van der Waals surface area (Å²) in [7, 11) is 3.93. The van der Waals surface area contributed by atoms with E-state index in [2.05, 4.69) is 20.8 Å². The number of nitrogens with zero attached hydrogens (tertiary/aromatic N) is 3. The zero-order valence-electron chi connectivity index (χ0n) is 14.5. The molecule has 0 spiro atoms. The number of hydrogen-bond acceptors (Lipinski definition) is 6. The minimum absolute atomic E-state index is 0.0375. The van der Waals surface area contributed by atoms with Gasteiger partial charge in [-0.25, -0.2) is 0 Å². The quantitative estimate of drug-likeness (QED) is 0.646. The molecule has 0 saturated carbocycles. The van der Waals surface area contributed by atoms with Gasteiger partial charge < -0.3 is 20.1 Å². The van der Waals surface area contributed by atoms with Crippen molar-refractivity contribution in [2.75, 3.05) is 27.2 Å². The van der Waals surface area contributed by atoms with Crippen LogP contribution in [0.3, 0.4) is 0 Å². The predicted octanol–water partition coefficient (Wildman–Crippen LogP) is 0.610. The van der Waals surface area contributed by atoms with E-state index >= 15 is 0 Å². The summed E-state index contributed by atoms with van der Waals surface area (Å²) in [5.74, 6) is -0.607. The fraction of sp³-hybridized carbons (Fsp3) is 0.412. The molecule has 0 fully saturated rings. The summed E-state index contributed by atoms with van der Waals surface area (Å²) in [5.41, 5.74) is 1.00. The number of carbonyl (C=O) groups is 2. The fourth-order valence-electron chi connectivity index (χ4n) is 2.09. The number of rotatable bonds is 9. The maximum Gasteiger partial charge on any atom is 0.315 e. The molecule has 2 aromatic rings. The Balaban J connectivity index is 1.74. The molecule has 1 aromatic heterocycles. The van der Waals surface area contributed by atoms with Gasteiger partial charge in [-0.2, -0.15) is 4.98 Å². The van der Waals surface area contributed by atoms with Gasteiger partial charge in [0.1, 0.15) is 0 Å². The molecule has 1 aromatic carbocycles. The van der Waals surface area contributed by atoms with E-state index in [4.69, 9.17) is 4.52 Å². The van der Waals surface area contributed by atoms with E-state index in [-0.39, 0.29) is 24.0 Å². The van der Waals surface area contributed by atoms with Gasteiger partial charge in [0.15, 0.2) is 5.82 Å². The van der Waals surface area contributed by atoms with E-state index < -0.39 is 5.91 Å². The molecule has 0 aliphatic heterocycles. The molecule has 1 heterocycles. The zero-order valence-corrected chi connectivity index (χ0v) is 14.5. The first-order valence-electron chi connectivity index (χ1n) is 8.10. The molecule has 2 amide bonds. The van der Waals surface area contributed by atoms with Crippen LogP contribution < -0.4 is 10.6 Å². The Morgan fingerprint density at radius 3 is 2.64 bits per heavy atom. The first-order valence-corrected chi connectivity index (χ1v) is 8.10. The van der Waals surface area contributed by atoms with Gasteiger partial charge in [-0.05, 0) is 32.6 Å². The van der Waals surface area contributed by atoms with Crippen molar-refractivity contribution in [2.24, 2.45) is 0 Å². The number of carbonyl (C=O) groups excluding carboxylic acids is 2. The molecule has 25 heavy (non-hydrogen) atoms. The monoisotopic (exact) mass is 345 g/mol. The molecule has 134 valence electrons. The lowest BCUT2D eigenvalue weighted by Gasteiger charge is -2.08. The molecule has 2 rings (SSSR count). The van der Waals surface area contributed by atoms with Crippen molar-refractivity contribution in [1.82, 2.24) is 25.7 Å². The van der Waals surface area contributed by atoms with Crippen LogP contribution in [-0.2, 0) is 17.8 Å². The van der Waals surface area contributed by atoms with Crippen LogP contribution in [0, 0.1) is 0 Å². The summed E-state index contributed by atoms with van der Waals surface area (Å²) in [4.78, 5) is 29.8. The Morgan fingerprint density at radius 2 is 1.92 bits per heavy atom. The summed E-state index contributed by atoms with van der Waals surface area (Å²) in [5, 5.41) is 9.15. The van der Waals surface area contributed by atoms with E-state index in [9.17, 15) is 9.59 Å². The molecule has 8 nitrogen and oxygen atoms in total. The first kappa shape index (κ1) is 18.6. The number of amides is 2. The molecule has 0 unspecified atom stereocenters. The summed E-state index contributed by atoms with van der Waals surface area (Å²) in [6, 6.07) is 9.58. The topological polar surface area (TPSA) is 100 Å². The highest BCUT2D eigenvalue weighted by Crippen LogP contribution is 2.00. The second kappa shape index (κ2) is 9.53. The van der Waals surface area contributed by atoms with Crippen molar-refractivity contribution in [3.63, 3.8) is 0 Å². The average Bonchev–Trinajstić information content (AvgIpc) is 3.06. The van der Waals surface area contributed by atoms with Crippen LogP contribution in [0.5, 0.6) is 0 Å². The Hall–Kier alpha value is -2.74. The fourth-order valence-corrected chi connectivity index (χ4v) is 2.09. The van der Waals surface area contributed by atoms with Gasteiger partial charge >= 0.3 is 11.8 Å². The lowest BCUT2D eigenvalue weighted by atomic mass is 10.2. The van der Waals surface area contributed by atoms with Crippen LogP contribution >= 0.6 is 0 Å². The first-order chi connectivity index (χ1) is 12.0. The van der Waals surface area contributed by atoms with Crippen LogP contribution in [-0.4, -0.2) is 54.0 Å². The van der Waals surface area contributed by atoms with Crippen LogP contribution in [0.2, 0.25) is 0 Å². The lowest BCUT2D eigenvalue weighted by molar-refractivity contribution is -0.120. The van der Waals surface area contributed by atoms with Crippen LogP contribution in [0.25, 0.3) is 0 Å². The average molecular weight is 345 g/mol. The van der Waals surface area contributed by atoms with E-state index in [1.165, 1.54) is 0 Å². The second-order valence-corrected chi connectivity index (χ2v) is 5.87. The third-order valence-electron chi connectivity index (χ3n) is 3.38. The van der Waals surface area contributed by atoms with Crippen molar-refractivity contribution < 1.29 is 14.1 Å². The standard InChI is InChI=1S/C17H23N5O3/c1-22(2)10-6-9-18-16(24)17-20-14(21-25-17)11-15(23)19-12-13-7-4-3-5-8-13/h3-5,7-8H,6,9-12H2,1-2H3,(H,18,24)(H,19,23). The van der Waals surface area contributed by atoms with Crippen LogP contribution in [0.1, 0.15) is 28.5 Å². The van der Waals surface area contributed by atoms with E-state index in [0.717, 1.165) is 18.5 Å². The minimum Gasteiger partial charge on any atom is -0.352 e. The molecular formula is C17H23N5O3. The maximum atomic E-state index is 11.9. The molecule has 2 N–H and O–H groups in total. The summed E-state index contributed by atoms with van der Waals surface area (Å²) < 4.78 is 4.90. The molecular weight excluding hydrogens is 322 g/mol. The second-order valence-electron chi connectivity index (χ2n) is 5.87. The third kappa shape index (κ3) is 6.72. The van der Waals surface area contributed by atoms with Gasteiger partial charge in [0, 0.05) is 13.1 Å². The normalized spacial score (nSPS) is 10.7. The van der Waals surface area contributed by atoms with Gasteiger partial charge in [0.05, 0.1) is 6.42 Å². The molecule has 0 radical (unpaired) electrons. The molecule has 0 aliphatic rings. The number of hydrogen-bond donors (Lipinski definition) is 2. The highest BCUT2D eigenvalue weighted by atomic mass is 16.5. The van der Waals surface area contributed by atoms with E-state index in [1.54, 1.807) is 0 Å². The highest BCUT2D eigenvalue weighted by Gasteiger charge is 2.16. The van der Waals surface area contributed by atoms with Gasteiger partial charge in [0.2, 0.25) is 5.91 Å². The van der Waals surface area contributed by atoms with Crippen molar-refractivity contribution in [3.8, 4) is 0 Å². The highest BCUT2D eigenvalue weighted by molar-refractivity contribution is 5.89. The van der Waals surface area contributed by atoms with Gasteiger partial charge in [-0.3, -0.25) is 9.59 Å². The Morgan fingerprint density at radius 1 is 1.16 bits per heavy atom. The van der Waals surface area contributed by atoms with Crippen LogP contribution in [0.15, 0.2) is 34.9 Å². The largest absolute Gasteiger partial charge is 0.352 e. The Bertz CT molecular complexity index is 685. The van der Waals surface area contributed by atoms with Crippen molar-refractivity contribution in [1.29, 1.82) is 0 Å². The van der Waals surface area contributed by atoms with E-state index in [1.807, 2.05) is 49.3 Å². The summed E-state index contributed by atoms with van der Waals surface area (Å²) in [6.07, 6.45) is 0.784. The van der Waals surface area contributed by atoms with Crippen molar-refractivity contribution in [3.05, 3.63) is 47.6 Å². The van der Waals surface area contributed by atoms with Gasteiger partial charge in [-0.15, -0.1) is 0 Å². The number of aromatic nitrogens is 2. The third-order valence-corrected chi connectivity index (χ3v) is 3.38. The van der Waals surface area contributed by atoms with E-state index in [0.29, 0.717) is 13.1 Å². The van der Waals surface area contributed by atoms with Crippen LogP contribution in [0.4, 0.5) is 0 Å². The molecule has 0 atom stereocenters. The number of nitrogens with one attached hydrogen (secondary N) is 2. The predicted molar refractivity (Wildman–Crippen MR) is 91.8 cm³/mol. The van der Waals surface area contributed by atoms with Gasteiger partial charge in [0.25, 0.3) is 0 Å². The van der Waals surface area contributed by atoms with Crippen molar-refractivity contribution in [2.45, 2.75) is 19.4 Å². The molecule has 0 aliphatic carbocycles. The zero-order chi connectivity index (χ0) is 18.1. The summed E-state index contributed by atoms with van der Waals surface area (Å²) in [6.45, 7) is 1.82. The smallest absolute Gasteiger partial charge is 0.315 e. The molecule has 0 saturated heterocycles. The minimum atomic E-state index is -0.429.